The molecule has 5 nitrogen and oxygen atoms in total. The van der Waals surface area contributed by atoms with E-state index in [0.717, 1.165) is 17.0 Å². The van der Waals surface area contributed by atoms with Crippen molar-refractivity contribution < 1.29 is 14.8 Å². The molecule has 0 saturated heterocycles. The number of hydrogen-bond donors (Lipinski definition) is 2. The molecular formula is C13H17BN2O3. The molecule has 0 saturated carbocycles. The molecule has 0 aliphatic carbocycles. The highest BCUT2D eigenvalue weighted by atomic mass is 16.5. The van der Waals surface area contributed by atoms with Crippen LogP contribution in [0.25, 0.3) is 0 Å². The van der Waals surface area contributed by atoms with E-state index in [1.165, 1.54) is 0 Å². The van der Waals surface area contributed by atoms with E-state index in [1.54, 1.807) is 25.6 Å². The molecule has 0 aliphatic rings. The summed E-state index contributed by atoms with van der Waals surface area (Å²) in [5, 5.41) is 18.8. The Morgan fingerprint density at radius 1 is 1.32 bits per heavy atom. The molecule has 0 atom stereocenters. The molecule has 0 spiro atoms. The van der Waals surface area contributed by atoms with Crippen molar-refractivity contribution in [2.45, 2.75) is 20.4 Å². The molecular weight excluding hydrogens is 243 g/mol. The second-order valence-corrected chi connectivity index (χ2v) is 4.48. The highest BCUT2D eigenvalue weighted by Gasteiger charge is 2.17. The third-order valence-corrected chi connectivity index (χ3v) is 3.31. The third-order valence-electron chi connectivity index (χ3n) is 3.31. The van der Waals surface area contributed by atoms with Crippen LogP contribution in [0.2, 0.25) is 0 Å². The van der Waals surface area contributed by atoms with Gasteiger partial charge in [0.1, 0.15) is 5.75 Å². The van der Waals surface area contributed by atoms with Crippen LogP contribution < -0.4 is 10.2 Å². The number of ether oxygens (including phenoxy) is 1. The molecule has 100 valence electrons. The second-order valence-electron chi connectivity index (χ2n) is 4.48. The van der Waals surface area contributed by atoms with Gasteiger partial charge in [0.25, 0.3) is 0 Å². The summed E-state index contributed by atoms with van der Waals surface area (Å²) in [7, 11) is 0.0895. The maximum Gasteiger partial charge on any atom is 0.488 e. The molecule has 2 aromatic rings. The van der Waals surface area contributed by atoms with Gasteiger partial charge in [-0.1, -0.05) is 6.07 Å². The summed E-state index contributed by atoms with van der Waals surface area (Å²) in [6, 6.07) is 5.19. The summed E-state index contributed by atoms with van der Waals surface area (Å²) >= 11 is 0. The maximum atomic E-state index is 9.41. The van der Waals surface area contributed by atoms with Gasteiger partial charge >= 0.3 is 7.12 Å². The zero-order valence-electron chi connectivity index (χ0n) is 11.3. The predicted octanol–water partition coefficient (Wildman–Crippen LogP) is 0.237. The van der Waals surface area contributed by atoms with Crippen molar-refractivity contribution in [3.8, 4) is 5.75 Å². The summed E-state index contributed by atoms with van der Waals surface area (Å²) in [4.78, 5) is 4.24. The molecule has 0 amide bonds. The van der Waals surface area contributed by atoms with Crippen LogP contribution in [0.1, 0.15) is 17.0 Å². The monoisotopic (exact) mass is 260 g/mol. The lowest BCUT2D eigenvalue weighted by atomic mass is 9.77. The topological polar surface area (TPSA) is 67.5 Å². The fourth-order valence-electron chi connectivity index (χ4n) is 1.98. The minimum atomic E-state index is -1.49. The fourth-order valence-corrected chi connectivity index (χ4v) is 1.98. The summed E-state index contributed by atoms with van der Waals surface area (Å²) in [6.07, 6.45) is 1.75. The Balaban J connectivity index is 2.39. The van der Waals surface area contributed by atoms with Crippen LogP contribution >= 0.6 is 0 Å². The van der Waals surface area contributed by atoms with Crippen molar-refractivity contribution in [3.05, 3.63) is 41.5 Å². The number of nitrogens with zero attached hydrogens (tertiary/aromatic N) is 2. The van der Waals surface area contributed by atoms with Gasteiger partial charge in [0.05, 0.1) is 19.1 Å². The van der Waals surface area contributed by atoms with E-state index in [9.17, 15) is 10.0 Å². The molecule has 6 heteroatoms. The SMILES string of the molecule is COc1ccc(B(O)O)c(Cn2cnc(C)c2C)c1. The van der Waals surface area contributed by atoms with Gasteiger partial charge in [-0.2, -0.15) is 0 Å². The lowest BCUT2D eigenvalue weighted by Crippen LogP contribution is -2.33. The highest BCUT2D eigenvalue weighted by molar-refractivity contribution is 6.59. The minimum absolute atomic E-state index is 0.478. The Morgan fingerprint density at radius 3 is 2.58 bits per heavy atom. The Labute approximate surface area is 112 Å². The largest absolute Gasteiger partial charge is 0.497 e. The van der Waals surface area contributed by atoms with Crippen molar-refractivity contribution in [2.24, 2.45) is 0 Å². The number of aromatic nitrogens is 2. The van der Waals surface area contributed by atoms with Crippen molar-refractivity contribution in [1.82, 2.24) is 9.55 Å². The lowest BCUT2D eigenvalue weighted by molar-refractivity contribution is 0.413. The van der Waals surface area contributed by atoms with Gasteiger partial charge in [-0.3, -0.25) is 0 Å². The van der Waals surface area contributed by atoms with Gasteiger partial charge in [0, 0.05) is 12.2 Å². The fraction of sp³-hybridized carbons (Fsp3) is 0.308. The van der Waals surface area contributed by atoms with Crippen molar-refractivity contribution >= 4 is 12.6 Å². The molecule has 0 fully saturated rings. The second kappa shape index (κ2) is 5.46. The summed E-state index contributed by atoms with van der Waals surface area (Å²) in [5.74, 6) is 0.689. The summed E-state index contributed by atoms with van der Waals surface area (Å²) < 4.78 is 7.14. The molecule has 1 aromatic heterocycles. The average molecular weight is 260 g/mol. The zero-order valence-corrected chi connectivity index (χ0v) is 11.3. The van der Waals surface area contributed by atoms with Gasteiger partial charge in [-0.05, 0) is 37.0 Å². The van der Waals surface area contributed by atoms with Gasteiger partial charge < -0.3 is 19.4 Å². The van der Waals surface area contributed by atoms with E-state index in [1.807, 2.05) is 24.5 Å². The highest BCUT2D eigenvalue weighted by Crippen LogP contribution is 2.14. The molecule has 19 heavy (non-hydrogen) atoms. The van der Waals surface area contributed by atoms with Crippen molar-refractivity contribution in [3.63, 3.8) is 0 Å². The van der Waals surface area contributed by atoms with Gasteiger partial charge in [-0.15, -0.1) is 0 Å². The van der Waals surface area contributed by atoms with Crippen LogP contribution in [0.3, 0.4) is 0 Å². The van der Waals surface area contributed by atoms with Crippen LogP contribution in [0.4, 0.5) is 0 Å². The Hall–Kier alpha value is -1.79. The first-order valence-corrected chi connectivity index (χ1v) is 6.04. The first-order chi connectivity index (χ1) is 9.02. The molecule has 0 radical (unpaired) electrons. The third kappa shape index (κ3) is 2.80. The van der Waals surface area contributed by atoms with Crippen molar-refractivity contribution in [1.29, 1.82) is 0 Å². The number of methoxy groups -OCH3 is 1. The number of rotatable bonds is 4. The number of aryl methyl sites for hydroxylation is 1. The van der Waals surface area contributed by atoms with E-state index in [4.69, 9.17) is 4.74 Å². The first kappa shape index (κ1) is 13.6. The maximum absolute atomic E-state index is 9.41. The molecule has 2 N–H and O–H groups in total. The van der Waals surface area contributed by atoms with Gasteiger partial charge in [0.15, 0.2) is 0 Å². The normalized spacial score (nSPS) is 10.6. The van der Waals surface area contributed by atoms with E-state index < -0.39 is 7.12 Å². The van der Waals surface area contributed by atoms with Crippen LogP contribution in [0.5, 0.6) is 5.75 Å². The summed E-state index contributed by atoms with van der Waals surface area (Å²) in [6.45, 7) is 4.45. The Morgan fingerprint density at radius 2 is 2.05 bits per heavy atom. The number of benzene rings is 1. The molecule has 1 heterocycles. The minimum Gasteiger partial charge on any atom is -0.497 e. The molecule has 0 bridgehead atoms. The quantitative estimate of drug-likeness (QED) is 0.772. The molecule has 0 unspecified atom stereocenters. The number of hydrogen-bond acceptors (Lipinski definition) is 4. The van der Waals surface area contributed by atoms with E-state index in [0.29, 0.717) is 17.8 Å². The van der Waals surface area contributed by atoms with Crippen LogP contribution in [0.15, 0.2) is 24.5 Å². The standard InChI is InChI=1S/C13H17BN2O3/c1-9-10(2)16(8-15-9)7-11-6-12(19-3)4-5-13(11)14(17)18/h4-6,8,17-18H,7H2,1-3H3. The smallest absolute Gasteiger partial charge is 0.488 e. The Bertz CT molecular complexity index is 581. The summed E-state index contributed by atoms with van der Waals surface area (Å²) in [5.41, 5.74) is 3.30. The van der Waals surface area contributed by atoms with Gasteiger partial charge in [-0.25, -0.2) is 4.98 Å². The molecule has 2 rings (SSSR count). The van der Waals surface area contributed by atoms with Crippen LogP contribution in [0, 0.1) is 13.8 Å². The van der Waals surface area contributed by atoms with Crippen molar-refractivity contribution in [2.75, 3.05) is 7.11 Å². The predicted molar refractivity (Wildman–Crippen MR) is 73.6 cm³/mol. The lowest BCUT2D eigenvalue weighted by Gasteiger charge is -2.12. The van der Waals surface area contributed by atoms with E-state index >= 15 is 0 Å². The molecule has 0 aliphatic heterocycles. The van der Waals surface area contributed by atoms with Crippen LogP contribution in [-0.2, 0) is 6.54 Å². The average Bonchev–Trinajstić information content (AvgIpc) is 2.70. The van der Waals surface area contributed by atoms with E-state index in [2.05, 4.69) is 4.98 Å². The molecule has 1 aromatic carbocycles. The Kier molecular flexibility index (Phi) is 3.92. The van der Waals surface area contributed by atoms with Gasteiger partial charge in [0.2, 0.25) is 0 Å². The zero-order chi connectivity index (χ0) is 14.0. The van der Waals surface area contributed by atoms with Crippen LogP contribution in [-0.4, -0.2) is 33.8 Å². The first-order valence-electron chi connectivity index (χ1n) is 6.04. The van der Waals surface area contributed by atoms with E-state index in [-0.39, 0.29) is 0 Å². The number of imidazole rings is 1.